The van der Waals surface area contributed by atoms with Crippen LogP contribution in [-0.4, -0.2) is 65.8 Å². The third kappa shape index (κ3) is 5.08. The maximum atomic E-state index is 12.0. The SMILES string of the molecule is CC(C)(C)OC(=O)N[C@@H]1CCC[C@@H](N2CCN(C3CC3)CC2)C1. The summed E-state index contributed by atoms with van der Waals surface area (Å²) < 4.78 is 5.40. The highest BCUT2D eigenvalue weighted by Gasteiger charge is 2.34. The van der Waals surface area contributed by atoms with E-state index in [0.29, 0.717) is 6.04 Å². The molecule has 1 aliphatic heterocycles. The quantitative estimate of drug-likeness (QED) is 0.867. The van der Waals surface area contributed by atoms with Gasteiger partial charge in [-0.1, -0.05) is 0 Å². The molecule has 0 unspecified atom stereocenters. The summed E-state index contributed by atoms with van der Waals surface area (Å²) >= 11 is 0. The van der Waals surface area contributed by atoms with E-state index in [2.05, 4.69) is 15.1 Å². The highest BCUT2D eigenvalue weighted by atomic mass is 16.6. The van der Waals surface area contributed by atoms with Gasteiger partial charge in [0.25, 0.3) is 0 Å². The highest BCUT2D eigenvalue weighted by Crippen LogP contribution is 2.29. The Balaban J connectivity index is 1.43. The molecule has 1 N–H and O–H groups in total. The van der Waals surface area contributed by atoms with E-state index in [1.54, 1.807) is 0 Å². The second-order valence-corrected chi connectivity index (χ2v) is 8.47. The van der Waals surface area contributed by atoms with E-state index >= 15 is 0 Å². The first-order valence-electron chi connectivity index (χ1n) is 9.38. The number of piperazine rings is 1. The zero-order valence-corrected chi connectivity index (χ0v) is 15.0. The van der Waals surface area contributed by atoms with Crippen molar-refractivity contribution >= 4 is 6.09 Å². The molecule has 1 amide bonds. The molecule has 5 heteroatoms. The lowest BCUT2D eigenvalue weighted by molar-refractivity contribution is 0.0427. The topological polar surface area (TPSA) is 44.8 Å². The fourth-order valence-electron chi connectivity index (χ4n) is 4.01. The van der Waals surface area contributed by atoms with Crippen molar-refractivity contribution in [2.45, 2.75) is 83.0 Å². The molecule has 2 saturated carbocycles. The molecular formula is C18H33N3O2. The van der Waals surface area contributed by atoms with Crippen molar-refractivity contribution in [2.24, 2.45) is 0 Å². The van der Waals surface area contributed by atoms with Gasteiger partial charge in [-0.25, -0.2) is 4.79 Å². The maximum Gasteiger partial charge on any atom is 0.407 e. The fraction of sp³-hybridized carbons (Fsp3) is 0.944. The molecular weight excluding hydrogens is 290 g/mol. The fourth-order valence-corrected chi connectivity index (χ4v) is 4.01. The molecule has 0 spiro atoms. The average molecular weight is 323 g/mol. The van der Waals surface area contributed by atoms with Gasteiger partial charge < -0.3 is 10.1 Å². The van der Waals surface area contributed by atoms with Crippen LogP contribution in [0.4, 0.5) is 4.79 Å². The minimum atomic E-state index is -0.419. The number of carbonyl (C=O) groups excluding carboxylic acids is 1. The number of ether oxygens (including phenoxy) is 1. The molecule has 5 nitrogen and oxygen atoms in total. The van der Waals surface area contributed by atoms with Gasteiger partial charge in [0.2, 0.25) is 0 Å². The first-order chi connectivity index (χ1) is 10.9. The van der Waals surface area contributed by atoms with Crippen molar-refractivity contribution in [1.82, 2.24) is 15.1 Å². The van der Waals surface area contributed by atoms with Gasteiger partial charge in [0.1, 0.15) is 5.60 Å². The molecule has 0 bridgehead atoms. The molecule has 3 rings (SSSR count). The van der Waals surface area contributed by atoms with Gasteiger partial charge in [-0.15, -0.1) is 0 Å². The lowest BCUT2D eigenvalue weighted by Gasteiger charge is -2.42. The number of carbonyl (C=O) groups is 1. The second-order valence-electron chi connectivity index (χ2n) is 8.47. The van der Waals surface area contributed by atoms with E-state index in [1.165, 1.54) is 51.9 Å². The van der Waals surface area contributed by atoms with Crippen molar-refractivity contribution in [1.29, 1.82) is 0 Å². The van der Waals surface area contributed by atoms with E-state index < -0.39 is 5.60 Å². The van der Waals surface area contributed by atoms with Gasteiger partial charge in [0.05, 0.1) is 0 Å². The van der Waals surface area contributed by atoms with Crippen molar-refractivity contribution in [3.63, 3.8) is 0 Å². The van der Waals surface area contributed by atoms with Crippen LogP contribution in [0.15, 0.2) is 0 Å². The molecule has 23 heavy (non-hydrogen) atoms. The van der Waals surface area contributed by atoms with Crippen LogP contribution in [0, 0.1) is 0 Å². The van der Waals surface area contributed by atoms with Crippen LogP contribution in [0.25, 0.3) is 0 Å². The van der Waals surface area contributed by atoms with Gasteiger partial charge >= 0.3 is 6.09 Å². The molecule has 132 valence electrons. The Kier molecular flexibility index (Phi) is 5.16. The molecule has 0 aromatic rings. The Hall–Kier alpha value is -0.810. The molecule has 1 heterocycles. The molecule has 0 aromatic heterocycles. The highest BCUT2D eigenvalue weighted by molar-refractivity contribution is 5.68. The van der Waals surface area contributed by atoms with Crippen LogP contribution >= 0.6 is 0 Å². The number of hydrogen-bond acceptors (Lipinski definition) is 4. The largest absolute Gasteiger partial charge is 0.444 e. The molecule has 2 aliphatic carbocycles. The number of alkyl carbamates (subject to hydrolysis) is 1. The molecule has 0 radical (unpaired) electrons. The maximum absolute atomic E-state index is 12.0. The van der Waals surface area contributed by atoms with Gasteiger partial charge in [-0.2, -0.15) is 0 Å². The monoisotopic (exact) mass is 323 g/mol. The molecule has 1 saturated heterocycles. The Labute approximate surface area is 140 Å². The van der Waals surface area contributed by atoms with E-state index in [9.17, 15) is 4.79 Å². The van der Waals surface area contributed by atoms with E-state index in [4.69, 9.17) is 4.74 Å². The molecule has 2 atom stereocenters. The standard InChI is InChI=1S/C18H33N3O2/c1-18(2,3)23-17(22)19-14-5-4-6-16(13-14)21-11-9-20(10-12-21)15-7-8-15/h14-16H,4-13H2,1-3H3,(H,19,22)/t14-,16-/m1/s1. The van der Waals surface area contributed by atoms with Gasteiger partial charge in [0.15, 0.2) is 0 Å². The number of nitrogens with zero attached hydrogens (tertiary/aromatic N) is 2. The summed E-state index contributed by atoms with van der Waals surface area (Å²) in [6.45, 7) is 10.6. The lowest BCUT2D eigenvalue weighted by Crippen LogP contribution is -2.53. The van der Waals surface area contributed by atoms with Crippen molar-refractivity contribution in [3.8, 4) is 0 Å². The first-order valence-corrected chi connectivity index (χ1v) is 9.38. The van der Waals surface area contributed by atoms with Crippen LogP contribution in [-0.2, 0) is 4.74 Å². The summed E-state index contributed by atoms with van der Waals surface area (Å²) in [5, 5.41) is 3.08. The van der Waals surface area contributed by atoms with Crippen molar-refractivity contribution in [2.75, 3.05) is 26.2 Å². The summed E-state index contributed by atoms with van der Waals surface area (Å²) in [5.41, 5.74) is -0.419. The summed E-state index contributed by atoms with van der Waals surface area (Å²) in [6.07, 6.45) is 7.18. The number of rotatable bonds is 3. The van der Waals surface area contributed by atoms with Gasteiger partial charge in [-0.3, -0.25) is 9.80 Å². The van der Waals surface area contributed by atoms with Crippen molar-refractivity contribution in [3.05, 3.63) is 0 Å². The van der Waals surface area contributed by atoms with Crippen molar-refractivity contribution < 1.29 is 9.53 Å². The number of amides is 1. The minimum absolute atomic E-state index is 0.262. The molecule has 0 aromatic carbocycles. The molecule has 3 aliphatic rings. The van der Waals surface area contributed by atoms with Crippen LogP contribution in [0.1, 0.15) is 59.3 Å². The summed E-state index contributed by atoms with van der Waals surface area (Å²) in [7, 11) is 0. The zero-order valence-electron chi connectivity index (χ0n) is 15.0. The minimum Gasteiger partial charge on any atom is -0.444 e. The van der Waals surface area contributed by atoms with E-state index in [-0.39, 0.29) is 12.1 Å². The lowest BCUT2D eigenvalue weighted by atomic mass is 9.89. The Morgan fingerprint density at radius 3 is 2.13 bits per heavy atom. The normalized spacial score (nSPS) is 30.9. The molecule has 3 fully saturated rings. The predicted molar refractivity (Wildman–Crippen MR) is 91.6 cm³/mol. The van der Waals surface area contributed by atoms with Gasteiger partial charge in [0, 0.05) is 44.3 Å². The number of nitrogens with one attached hydrogen (secondary N) is 1. The summed E-state index contributed by atoms with van der Waals surface area (Å²) in [6, 6.07) is 1.79. The smallest absolute Gasteiger partial charge is 0.407 e. The summed E-state index contributed by atoms with van der Waals surface area (Å²) in [4.78, 5) is 17.3. The van der Waals surface area contributed by atoms with Crippen LogP contribution in [0.3, 0.4) is 0 Å². The summed E-state index contributed by atoms with van der Waals surface area (Å²) in [5.74, 6) is 0. The van der Waals surface area contributed by atoms with Crippen LogP contribution < -0.4 is 5.32 Å². The Bertz CT molecular complexity index is 409. The number of hydrogen-bond donors (Lipinski definition) is 1. The third-order valence-electron chi connectivity index (χ3n) is 5.30. The zero-order chi connectivity index (χ0) is 16.4. The van der Waals surface area contributed by atoms with E-state index in [1.807, 2.05) is 20.8 Å². The van der Waals surface area contributed by atoms with Crippen LogP contribution in [0.2, 0.25) is 0 Å². The van der Waals surface area contributed by atoms with Crippen LogP contribution in [0.5, 0.6) is 0 Å². The second kappa shape index (κ2) is 6.98. The first kappa shape index (κ1) is 17.0. The third-order valence-corrected chi connectivity index (χ3v) is 5.30. The Morgan fingerprint density at radius 2 is 1.57 bits per heavy atom. The average Bonchev–Trinajstić information content (AvgIpc) is 3.30. The van der Waals surface area contributed by atoms with E-state index in [0.717, 1.165) is 18.9 Å². The van der Waals surface area contributed by atoms with Gasteiger partial charge in [-0.05, 0) is 59.3 Å². The Morgan fingerprint density at radius 1 is 0.957 bits per heavy atom. The predicted octanol–water partition coefficient (Wildman–Crippen LogP) is 2.60.